The molecule has 3 aliphatic rings. The summed E-state index contributed by atoms with van der Waals surface area (Å²) in [6, 6.07) is 6.59. The van der Waals surface area contributed by atoms with Crippen LogP contribution in [0.5, 0.6) is 0 Å². The highest BCUT2D eigenvalue weighted by atomic mass is 16.5. The Bertz CT molecular complexity index is 792. The van der Waals surface area contributed by atoms with Gasteiger partial charge in [-0.3, -0.25) is 0 Å². The molecule has 3 saturated carbocycles. The van der Waals surface area contributed by atoms with Gasteiger partial charge in [0.15, 0.2) is 0 Å². The second-order valence-corrected chi connectivity index (χ2v) is 10.9. The predicted octanol–water partition coefficient (Wildman–Crippen LogP) is 6.72. The topological polar surface area (TPSA) is 46.5 Å². The van der Waals surface area contributed by atoms with Gasteiger partial charge in [-0.1, -0.05) is 56.9 Å². The van der Waals surface area contributed by atoms with Crippen LogP contribution in [0.4, 0.5) is 0 Å². The lowest BCUT2D eigenvalue weighted by molar-refractivity contribution is -0.138. The second kappa shape index (κ2) is 11.0. The van der Waals surface area contributed by atoms with Crippen LogP contribution in [-0.4, -0.2) is 17.7 Å². The molecule has 0 amide bonds. The molecule has 0 spiro atoms. The van der Waals surface area contributed by atoms with Crippen LogP contribution in [0.15, 0.2) is 30.4 Å². The quantitative estimate of drug-likeness (QED) is 0.380. The highest BCUT2D eigenvalue weighted by Gasteiger charge is 2.38. The molecule has 0 radical (unpaired) electrons. The molecule has 0 aromatic heterocycles. The van der Waals surface area contributed by atoms with Gasteiger partial charge in [0.05, 0.1) is 13.2 Å². The maximum absolute atomic E-state index is 11.7. The van der Waals surface area contributed by atoms with Crippen LogP contribution in [0.2, 0.25) is 0 Å². The molecule has 1 aromatic carbocycles. The lowest BCUT2D eigenvalue weighted by atomic mass is 9.61. The van der Waals surface area contributed by atoms with Crippen molar-refractivity contribution in [3.63, 3.8) is 0 Å². The summed E-state index contributed by atoms with van der Waals surface area (Å²) in [6.45, 7) is 5.67. The molecule has 4 rings (SSSR count). The third kappa shape index (κ3) is 5.65. The van der Waals surface area contributed by atoms with Gasteiger partial charge in [0, 0.05) is 12.0 Å². The number of fused-ring (bicyclic) bond motifs is 1. The van der Waals surface area contributed by atoms with Gasteiger partial charge in [0.2, 0.25) is 0 Å². The Kier molecular flexibility index (Phi) is 8.10. The molecule has 0 heterocycles. The number of rotatable bonds is 7. The van der Waals surface area contributed by atoms with Gasteiger partial charge in [-0.05, 0) is 91.7 Å². The van der Waals surface area contributed by atoms with Crippen molar-refractivity contribution in [3.05, 3.63) is 47.0 Å². The number of aliphatic hydroxyl groups excluding tert-OH is 1. The Morgan fingerprint density at radius 1 is 0.938 bits per heavy atom. The first-order chi connectivity index (χ1) is 15.5. The van der Waals surface area contributed by atoms with Crippen molar-refractivity contribution in [3.8, 4) is 0 Å². The van der Waals surface area contributed by atoms with E-state index in [1.165, 1.54) is 76.2 Å². The number of hydrogen-bond donors (Lipinski definition) is 1. The molecule has 0 aliphatic heterocycles. The minimum Gasteiger partial charge on any atom is -0.462 e. The minimum absolute atomic E-state index is 0.0297. The molecule has 4 atom stereocenters. The molecule has 4 unspecified atom stereocenters. The van der Waals surface area contributed by atoms with Gasteiger partial charge in [0.25, 0.3) is 0 Å². The number of carbonyl (C=O) groups is 1. The van der Waals surface area contributed by atoms with Gasteiger partial charge in [-0.25, -0.2) is 4.79 Å². The Morgan fingerprint density at radius 2 is 1.62 bits per heavy atom. The van der Waals surface area contributed by atoms with E-state index in [0.29, 0.717) is 24.5 Å². The molecule has 1 aromatic rings. The van der Waals surface area contributed by atoms with E-state index in [0.717, 1.165) is 34.8 Å². The summed E-state index contributed by atoms with van der Waals surface area (Å²) >= 11 is 0. The van der Waals surface area contributed by atoms with Crippen molar-refractivity contribution < 1.29 is 14.6 Å². The fourth-order valence-corrected chi connectivity index (χ4v) is 6.93. The maximum atomic E-state index is 11.7. The van der Waals surface area contributed by atoms with E-state index in [-0.39, 0.29) is 12.6 Å². The molecule has 176 valence electrons. The fourth-order valence-electron chi connectivity index (χ4n) is 6.93. The minimum atomic E-state index is -0.339. The zero-order valence-corrected chi connectivity index (χ0v) is 20.0. The molecule has 1 N–H and O–H groups in total. The van der Waals surface area contributed by atoms with Crippen LogP contribution in [0.3, 0.4) is 0 Å². The molecule has 0 saturated heterocycles. The third-order valence-corrected chi connectivity index (χ3v) is 8.80. The number of carbonyl (C=O) groups excluding carboxylic acids is 1. The van der Waals surface area contributed by atoms with Crippen LogP contribution in [-0.2, 0) is 22.6 Å². The molecular formula is C29H42O3. The van der Waals surface area contributed by atoms with E-state index < -0.39 is 0 Å². The summed E-state index contributed by atoms with van der Waals surface area (Å²) in [7, 11) is 0. The van der Waals surface area contributed by atoms with Crippen molar-refractivity contribution >= 4 is 5.97 Å². The smallest absolute Gasteiger partial charge is 0.333 e. The second-order valence-electron chi connectivity index (χ2n) is 10.9. The summed E-state index contributed by atoms with van der Waals surface area (Å²) < 4.78 is 5.30. The van der Waals surface area contributed by atoms with Gasteiger partial charge in [-0.2, -0.15) is 0 Å². The number of aliphatic hydroxyl groups is 1. The fraction of sp³-hybridized carbons (Fsp3) is 0.690. The first kappa shape index (κ1) is 23.5. The van der Waals surface area contributed by atoms with E-state index >= 15 is 0 Å². The van der Waals surface area contributed by atoms with E-state index in [9.17, 15) is 9.90 Å². The Morgan fingerprint density at radius 3 is 2.34 bits per heavy atom. The Hall–Kier alpha value is -1.61. The summed E-state index contributed by atoms with van der Waals surface area (Å²) in [5, 5.41) is 9.78. The summed E-state index contributed by atoms with van der Waals surface area (Å²) in [5.74, 6) is 4.16. The predicted molar refractivity (Wildman–Crippen MR) is 129 cm³/mol. The van der Waals surface area contributed by atoms with Crippen molar-refractivity contribution in [2.24, 2.45) is 23.7 Å². The molecule has 3 fully saturated rings. The zero-order valence-electron chi connectivity index (χ0n) is 20.0. The molecule has 0 bridgehead atoms. The summed E-state index contributed by atoms with van der Waals surface area (Å²) in [6.07, 6.45) is 16.4. The molecule has 32 heavy (non-hydrogen) atoms. The SMILES string of the molecule is C=C(C)C(=O)OCCc1cc(C2CCC3CC(C4CCCCC4)CCC3C2)ccc1CO. The van der Waals surface area contributed by atoms with Crippen LogP contribution >= 0.6 is 0 Å². The summed E-state index contributed by atoms with van der Waals surface area (Å²) in [4.78, 5) is 11.7. The van der Waals surface area contributed by atoms with E-state index in [1.807, 2.05) is 0 Å². The van der Waals surface area contributed by atoms with E-state index in [2.05, 4.69) is 24.8 Å². The van der Waals surface area contributed by atoms with Crippen LogP contribution < -0.4 is 0 Å². The van der Waals surface area contributed by atoms with Gasteiger partial charge >= 0.3 is 5.97 Å². The van der Waals surface area contributed by atoms with Crippen LogP contribution in [0, 0.1) is 23.7 Å². The zero-order chi connectivity index (χ0) is 22.5. The Balaban J connectivity index is 1.35. The van der Waals surface area contributed by atoms with Crippen LogP contribution in [0.25, 0.3) is 0 Å². The number of hydrogen-bond acceptors (Lipinski definition) is 3. The highest BCUT2D eigenvalue weighted by molar-refractivity contribution is 5.86. The highest BCUT2D eigenvalue weighted by Crippen LogP contribution is 2.50. The van der Waals surface area contributed by atoms with Gasteiger partial charge < -0.3 is 9.84 Å². The monoisotopic (exact) mass is 438 g/mol. The average molecular weight is 439 g/mol. The van der Waals surface area contributed by atoms with Crippen molar-refractivity contribution in [2.75, 3.05) is 6.61 Å². The largest absolute Gasteiger partial charge is 0.462 e. The first-order valence-corrected chi connectivity index (χ1v) is 13.1. The standard InChI is InChI=1S/C29H42O3/c1-20(2)29(31)32-15-14-27-18-26(12-13-28(27)19-30)25-11-10-23-16-22(8-9-24(23)17-25)21-6-4-3-5-7-21/h12-13,18,21-25,30H,1,3-11,14-17,19H2,2H3. The van der Waals surface area contributed by atoms with Crippen molar-refractivity contribution in [1.82, 2.24) is 0 Å². The van der Waals surface area contributed by atoms with Gasteiger partial charge in [-0.15, -0.1) is 0 Å². The maximum Gasteiger partial charge on any atom is 0.333 e. The molecule has 3 aliphatic carbocycles. The number of ether oxygens (including phenoxy) is 1. The van der Waals surface area contributed by atoms with E-state index in [1.54, 1.807) is 6.92 Å². The molecule has 3 heteroatoms. The van der Waals surface area contributed by atoms with E-state index in [4.69, 9.17) is 4.74 Å². The van der Waals surface area contributed by atoms with Crippen LogP contribution in [0.1, 0.15) is 100 Å². The number of esters is 1. The van der Waals surface area contributed by atoms with Gasteiger partial charge in [0.1, 0.15) is 0 Å². The third-order valence-electron chi connectivity index (χ3n) is 8.80. The van der Waals surface area contributed by atoms with Crippen molar-refractivity contribution in [2.45, 2.75) is 96.5 Å². The lowest BCUT2D eigenvalue weighted by Gasteiger charge is -2.45. The molecular weight excluding hydrogens is 396 g/mol. The number of benzene rings is 1. The molecule has 3 nitrogen and oxygen atoms in total. The lowest BCUT2D eigenvalue weighted by Crippen LogP contribution is -2.33. The average Bonchev–Trinajstić information content (AvgIpc) is 2.83. The summed E-state index contributed by atoms with van der Waals surface area (Å²) in [5.41, 5.74) is 3.90. The normalized spacial score (nSPS) is 28.7. The Labute approximate surface area is 194 Å². The first-order valence-electron chi connectivity index (χ1n) is 13.1. The van der Waals surface area contributed by atoms with Crippen molar-refractivity contribution in [1.29, 1.82) is 0 Å².